The standard InChI is InChI=1S/C86H104O8S8/c1-79(2,3)47-31-55-71(87)56(32-47)96-64-40-52(84(16,17)18)42-66-76(64)92-28-26-30-94-78-68-44-54(86(22,23)24)46-70(78)102-62-38-50(82(10,11)12)37-61(74(62)90)101-69-45-53(85(19,20)21)43-67(99-59-35-49(81(7,8)9)36-60(100-68)73(59)89)77(69)93-29-25-27-91-75-63(95-55)39-51(83(13,14)15)41-65(75)97-57-33-48(80(4,5)6)34-58(98-66)72(57)88/h31-46,87-90H,25-30H2,1-24H3. The third-order valence-corrected chi connectivity index (χ3v) is 26.9. The Morgan fingerprint density at radius 2 is 0.304 bits per heavy atom. The van der Waals surface area contributed by atoms with Gasteiger partial charge in [-0.25, -0.2) is 0 Å². The Hall–Kier alpha value is -5.04. The lowest BCUT2D eigenvalue weighted by Crippen LogP contribution is -2.14. The largest absolute Gasteiger partial charge is 0.506 e. The second-order valence-electron chi connectivity index (χ2n) is 35.4. The molecule has 8 aromatic carbocycles. The van der Waals surface area contributed by atoms with Gasteiger partial charge in [0.1, 0.15) is 46.0 Å². The van der Waals surface area contributed by atoms with Crippen LogP contribution < -0.4 is 18.9 Å². The Morgan fingerprint density at radius 3 is 0.412 bits per heavy atom. The van der Waals surface area contributed by atoms with Crippen LogP contribution in [0.4, 0.5) is 0 Å². The highest BCUT2D eigenvalue weighted by molar-refractivity contribution is 8.02. The van der Waals surface area contributed by atoms with Crippen LogP contribution in [0, 0.1) is 0 Å². The zero-order valence-electron chi connectivity index (χ0n) is 64.2. The van der Waals surface area contributed by atoms with E-state index in [0.29, 0.717) is 75.0 Å². The first-order valence-electron chi connectivity index (χ1n) is 35.4. The smallest absolute Gasteiger partial charge is 0.147 e. The van der Waals surface area contributed by atoms with E-state index in [4.69, 9.17) is 18.9 Å². The van der Waals surface area contributed by atoms with Crippen molar-refractivity contribution in [3.8, 4) is 46.0 Å². The molecular weight excluding hydrogens is 1420 g/mol. The van der Waals surface area contributed by atoms with Crippen LogP contribution >= 0.6 is 94.1 Å². The molecule has 4 heterocycles. The summed E-state index contributed by atoms with van der Waals surface area (Å²) in [5, 5.41) is 52.5. The van der Waals surface area contributed by atoms with Crippen molar-refractivity contribution in [2.75, 3.05) is 26.4 Å². The molecule has 8 aromatic rings. The van der Waals surface area contributed by atoms with Crippen molar-refractivity contribution in [3.63, 3.8) is 0 Å². The molecule has 20 bridgehead atoms. The first-order chi connectivity index (χ1) is 47.2. The van der Waals surface area contributed by atoms with E-state index in [0.717, 1.165) is 83.7 Å². The molecule has 0 unspecified atom stereocenters. The zero-order chi connectivity index (χ0) is 74.5. The van der Waals surface area contributed by atoms with Crippen LogP contribution in [0.15, 0.2) is 175 Å². The number of rotatable bonds is 0. The maximum atomic E-state index is 13.1. The van der Waals surface area contributed by atoms with E-state index in [-0.39, 0.29) is 92.7 Å². The van der Waals surface area contributed by atoms with Gasteiger partial charge in [0.15, 0.2) is 0 Å². The van der Waals surface area contributed by atoms with Gasteiger partial charge in [-0.1, -0.05) is 260 Å². The molecule has 0 aromatic heterocycles. The number of phenolic OH excluding ortho intramolecular Hbond substituents is 4. The Kier molecular flexibility index (Phi) is 22.1. The highest BCUT2D eigenvalue weighted by Gasteiger charge is 2.34. The van der Waals surface area contributed by atoms with Crippen molar-refractivity contribution < 1.29 is 39.4 Å². The molecule has 544 valence electrons. The Balaban J connectivity index is 1.21. The number of aromatic hydroxyl groups is 4. The molecule has 0 fully saturated rings. The van der Waals surface area contributed by atoms with Crippen molar-refractivity contribution in [2.24, 2.45) is 0 Å². The summed E-state index contributed by atoms with van der Waals surface area (Å²) in [6, 6.07) is 34.8. The van der Waals surface area contributed by atoms with Crippen molar-refractivity contribution in [1.29, 1.82) is 0 Å². The van der Waals surface area contributed by atoms with E-state index in [1.165, 1.54) is 94.1 Å². The number of hydrogen-bond acceptors (Lipinski definition) is 16. The summed E-state index contributed by atoms with van der Waals surface area (Å²) in [6.07, 6.45) is 0.909. The molecule has 4 aliphatic heterocycles. The van der Waals surface area contributed by atoms with Crippen LogP contribution in [0.5, 0.6) is 46.0 Å². The van der Waals surface area contributed by atoms with E-state index in [9.17, 15) is 20.4 Å². The van der Waals surface area contributed by atoms with Crippen LogP contribution in [-0.2, 0) is 43.3 Å². The van der Waals surface area contributed by atoms with E-state index in [1.54, 1.807) is 0 Å². The quantitative estimate of drug-likeness (QED) is 0.115. The topological polar surface area (TPSA) is 118 Å². The summed E-state index contributed by atoms with van der Waals surface area (Å²) in [5.41, 5.74) is 6.03. The lowest BCUT2D eigenvalue weighted by Gasteiger charge is -2.28. The molecule has 0 saturated carbocycles. The second-order valence-corrected chi connectivity index (χ2v) is 44.1. The molecule has 12 rings (SSSR count). The lowest BCUT2D eigenvalue weighted by atomic mass is 9.87. The van der Waals surface area contributed by atoms with Gasteiger partial charge in [0.05, 0.1) is 105 Å². The molecule has 0 saturated heterocycles. The van der Waals surface area contributed by atoms with Gasteiger partial charge in [0.2, 0.25) is 0 Å². The first-order valence-corrected chi connectivity index (χ1v) is 41.9. The molecule has 8 nitrogen and oxygen atoms in total. The number of ether oxygens (including phenoxy) is 4. The van der Waals surface area contributed by atoms with Crippen LogP contribution in [0.3, 0.4) is 0 Å². The van der Waals surface area contributed by atoms with E-state index >= 15 is 0 Å². The number of fused-ring (bicyclic) bond motifs is 10. The van der Waals surface area contributed by atoms with Crippen molar-refractivity contribution in [2.45, 2.75) is 301 Å². The molecule has 0 amide bonds. The Bertz CT molecular complexity index is 3780. The van der Waals surface area contributed by atoms with Gasteiger partial charge in [0, 0.05) is 12.8 Å². The molecule has 0 spiro atoms. The van der Waals surface area contributed by atoms with E-state index < -0.39 is 0 Å². The highest BCUT2D eigenvalue weighted by Crippen LogP contribution is 2.60. The van der Waals surface area contributed by atoms with E-state index in [1.807, 2.05) is 0 Å². The molecular formula is C86H104O8S8. The average Bonchev–Trinajstić information content (AvgIpc) is 0.768. The minimum Gasteiger partial charge on any atom is -0.506 e. The van der Waals surface area contributed by atoms with Gasteiger partial charge < -0.3 is 39.4 Å². The van der Waals surface area contributed by atoms with Gasteiger partial charge in [-0.05, 0) is 185 Å². The van der Waals surface area contributed by atoms with E-state index in [2.05, 4.69) is 263 Å². The predicted octanol–water partition coefficient (Wildman–Crippen LogP) is 26.7. The van der Waals surface area contributed by atoms with Crippen molar-refractivity contribution >= 4 is 94.1 Å². The normalized spacial score (nSPS) is 15.4. The van der Waals surface area contributed by atoms with Crippen molar-refractivity contribution in [3.05, 3.63) is 142 Å². The van der Waals surface area contributed by atoms with Crippen LogP contribution in [0.2, 0.25) is 0 Å². The van der Waals surface area contributed by atoms with Gasteiger partial charge >= 0.3 is 0 Å². The Labute approximate surface area is 642 Å². The molecule has 0 atom stereocenters. The summed E-state index contributed by atoms with van der Waals surface area (Å²) in [7, 11) is 0. The van der Waals surface area contributed by atoms with Crippen LogP contribution in [-0.4, -0.2) is 46.9 Å². The van der Waals surface area contributed by atoms with Crippen LogP contribution in [0.25, 0.3) is 0 Å². The maximum Gasteiger partial charge on any atom is 0.147 e. The Morgan fingerprint density at radius 1 is 0.196 bits per heavy atom. The van der Waals surface area contributed by atoms with Crippen molar-refractivity contribution in [1.82, 2.24) is 0 Å². The fourth-order valence-electron chi connectivity index (χ4n) is 11.7. The lowest BCUT2D eigenvalue weighted by molar-refractivity contribution is 0.235. The molecule has 16 heteroatoms. The minimum absolute atomic E-state index is 0.163. The van der Waals surface area contributed by atoms with Gasteiger partial charge in [-0.2, -0.15) is 0 Å². The average molecular weight is 1520 g/mol. The fourth-order valence-corrected chi connectivity index (χ4v) is 20.8. The van der Waals surface area contributed by atoms with Gasteiger partial charge in [-0.15, -0.1) is 0 Å². The monoisotopic (exact) mass is 1520 g/mol. The second kappa shape index (κ2) is 28.9. The molecule has 0 radical (unpaired) electrons. The molecule has 0 aliphatic carbocycles. The molecule has 4 aliphatic rings. The van der Waals surface area contributed by atoms with Gasteiger partial charge in [0.25, 0.3) is 0 Å². The third-order valence-electron chi connectivity index (χ3n) is 18.5. The zero-order valence-corrected chi connectivity index (χ0v) is 70.7. The van der Waals surface area contributed by atoms with Crippen LogP contribution in [0.1, 0.15) is 224 Å². The number of hydrogen-bond donors (Lipinski definition) is 4. The minimum atomic E-state index is -0.317. The molecule has 4 N–H and O–H groups in total. The predicted molar refractivity (Wildman–Crippen MR) is 432 cm³/mol. The number of benzene rings is 8. The maximum absolute atomic E-state index is 13.1. The van der Waals surface area contributed by atoms with Gasteiger partial charge in [-0.3, -0.25) is 0 Å². The highest BCUT2D eigenvalue weighted by atomic mass is 32.2. The molecule has 102 heavy (non-hydrogen) atoms. The first kappa shape index (κ1) is 78.0. The summed E-state index contributed by atoms with van der Waals surface area (Å²) in [5.74, 6) is 3.20. The summed E-state index contributed by atoms with van der Waals surface area (Å²) >= 11 is 12.0. The fraction of sp³-hybridized carbons (Fsp3) is 0.442. The third kappa shape index (κ3) is 17.5. The summed E-state index contributed by atoms with van der Waals surface area (Å²) in [4.78, 5) is 12.1. The number of phenols is 4. The summed E-state index contributed by atoms with van der Waals surface area (Å²) in [6.45, 7) is 54.2. The SMILES string of the molecule is CC(C)(C)c1cc2c(O)c(c1)Sc1cc(C(C)(C)C)cc3c1OCCCOc1c4cc(C(C)(C)C)cc1Sc1cc(C(C)(C)C)cc(c1O)Sc1cc(C(C)(C)C)cc(c1OCCCOc1c(cc(C(C)(C)C)cc1Sc1cc(C(C)(C)C)cc(c1O)S3)S2)Sc1cc(C(C)(C)C)cc(c1O)S4. The summed E-state index contributed by atoms with van der Waals surface area (Å²) < 4.78 is 29.3.